The SMILES string of the molecule is O=C(NCC[C@H](O)C(=O)O)c1ccc(O)c(O)c1. The van der Waals surface area contributed by atoms with Gasteiger partial charge in [0.05, 0.1) is 0 Å². The van der Waals surface area contributed by atoms with Gasteiger partial charge in [-0.3, -0.25) is 4.79 Å². The molecule has 1 aromatic carbocycles. The van der Waals surface area contributed by atoms with E-state index in [0.29, 0.717) is 0 Å². The fourth-order valence-corrected chi connectivity index (χ4v) is 1.21. The lowest BCUT2D eigenvalue weighted by Crippen LogP contribution is -2.30. The molecule has 1 amide bonds. The molecule has 98 valence electrons. The maximum Gasteiger partial charge on any atom is 0.332 e. The first-order valence-electron chi connectivity index (χ1n) is 5.13. The summed E-state index contributed by atoms with van der Waals surface area (Å²) in [5.41, 5.74) is 0.120. The third-order valence-electron chi connectivity index (χ3n) is 2.23. The fourth-order valence-electron chi connectivity index (χ4n) is 1.21. The molecule has 0 heterocycles. The van der Waals surface area contributed by atoms with Crippen molar-refractivity contribution in [1.82, 2.24) is 5.32 Å². The van der Waals surface area contributed by atoms with Crippen LogP contribution in [0.2, 0.25) is 0 Å². The van der Waals surface area contributed by atoms with E-state index in [1.807, 2.05) is 0 Å². The lowest BCUT2D eigenvalue weighted by atomic mass is 10.2. The van der Waals surface area contributed by atoms with Gasteiger partial charge in [-0.05, 0) is 18.2 Å². The van der Waals surface area contributed by atoms with E-state index in [4.69, 9.17) is 15.3 Å². The Labute approximate surface area is 102 Å². The highest BCUT2D eigenvalue weighted by Crippen LogP contribution is 2.24. The highest BCUT2D eigenvalue weighted by molar-refractivity contribution is 5.94. The number of hydrogen-bond donors (Lipinski definition) is 5. The Balaban J connectivity index is 2.50. The number of carbonyl (C=O) groups is 2. The second-order valence-corrected chi connectivity index (χ2v) is 3.60. The number of aliphatic carboxylic acids is 1. The first-order chi connectivity index (χ1) is 8.41. The van der Waals surface area contributed by atoms with Crippen LogP contribution in [0.25, 0.3) is 0 Å². The predicted molar refractivity (Wildman–Crippen MR) is 60.4 cm³/mol. The molecular weight excluding hydrogens is 242 g/mol. The Morgan fingerprint density at radius 1 is 1.22 bits per heavy atom. The summed E-state index contributed by atoms with van der Waals surface area (Å²) in [6, 6.07) is 3.55. The van der Waals surface area contributed by atoms with Crippen LogP contribution < -0.4 is 5.32 Å². The van der Waals surface area contributed by atoms with Gasteiger partial charge in [-0.15, -0.1) is 0 Å². The molecule has 0 saturated heterocycles. The van der Waals surface area contributed by atoms with Crippen molar-refractivity contribution in [2.24, 2.45) is 0 Å². The zero-order chi connectivity index (χ0) is 13.7. The van der Waals surface area contributed by atoms with E-state index in [1.165, 1.54) is 6.07 Å². The summed E-state index contributed by atoms with van der Waals surface area (Å²) >= 11 is 0. The molecule has 1 aromatic rings. The standard InChI is InChI=1S/C11H13NO6/c13-7-2-1-6(5-9(7)15)10(16)12-4-3-8(14)11(17)18/h1-2,5,8,13-15H,3-4H2,(H,12,16)(H,17,18)/t8-/m0/s1. The number of aliphatic hydroxyl groups is 1. The highest BCUT2D eigenvalue weighted by Gasteiger charge is 2.13. The van der Waals surface area contributed by atoms with Crippen molar-refractivity contribution in [3.63, 3.8) is 0 Å². The first kappa shape index (κ1) is 13.8. The summed E-state index contributed by atoms with van der Waals surface area (Å²) in [6.07, 6.45) is -1.65. The van der Waals surface area contributed by atoms with Crippen molar-refractivity contribution in [1.29, 1.82) is 0 Å². The predicted octanol–water partition coefficient (Wildman–Crippen LogP) is -0.337. The van der Waals surface area contributed by atoms with Crippen LogP contribution in [0.5, 0.6) is 11.5 Å². The molecular formula is C11H13NO6. The minimum absolute atomic E-state index is 0.0199. The van der Waals surface area contributed by atoms with Gasteiger partial charge in [-0.2, -0.15) is 0 Å². The molecule has 1 rings (SSSR count). The third kappa shape index (κ3) is 3.63. The minimum atomic E-state index is -1.53. The number of rotatable bonds is 5. The second kappa shape index (κ2) is 5.87. The number of carboxylic acid groups (broad SMARTS) is 1. The van der Waals surface area contributed by atoms with Gasteiger partial charge in [0.2, 0.25) is 0 Å². The molecule has 0 radical (unpaired) electrons. The number of phenolic OH excluding ortho intramolecular Hbond substituents is 2. The summed E-state index contributed by atoms with van der Waals surface area (Å²) in [4.78, 5) is 21.8. The van der Waals surface area contributed by atoms with Crippen LogP contribution in [0.3, 0.4) is 0 Å². The summed E-state index contributed by atoms with van der Waals surface area (Å²) in [6.45, 7) is -0.0199. The van der Waals surface area contributed by atoms with Crippen LogP contribution in [0, 0.1) is 0 Å². The Bertz CT molecular complexity index is 459. The molecule has 0 aliphatic carbocycles. The van der Waals surface area contributed by atoms with E-state index in [-0.39, 0.29) is 24.3 Å². The van der Waals surface area contributed by atoms with Gasteiger partial charge in [0.1, 0.15) is 0 Å². The van der Waals surface area contributed by atoms with Crippen LogP contribution in [0.15, 0.2) is 18.2 Å². The van der Waals surface area contributed by atoms with Gasteiger partial charge < -0.3 is 25.7 Å². The molecule has 0 fully saturated rings. The number of benzene rings is 1. The van der Waals surface area contributed by atoms with E-state index in [0.717, 1.165) is 12.1 Å². The largest absolute Gasteiger partial charge is 0.504 e. The Kier molecular flexibility index (Phi) is 4.50. The summed E-state index contributed by atoms with van der Waals surface area (Å²) in [7, 11) is 0. The van der Waals surface area contributed by atoms with E-state index >= 15 is 0 Å². The number of aliphatic hydroxyl groups excluding tert-OH is 1. The first-order valence-corrected chi connectivity index (χ1v) is 5.13. The van der Waals surface area contributed by atoms with E-state index in [2.05, 4.69) is 5.32 Å². The van der Waals surface area contributed by atoms with Crippen LogP contribution in [0.1, 0.15) is 16.8 Å². The van der Waals surface area contributed by atoms with Gasteiger partial charge in [-0.1, -0.05) is 0 Å². The zero-order valence-corrected chi connectivity index (χ0v) is 9.33. The molecule has 0 saturated carbocycles. The Morgan fingerprint density at radius 3 is 2.44 bits per heavy atom. The van der Waals surface area contributed by atoms with E-state index < -0.39 is 23.7 Å². The quantitative estimate of drug-likeness (QED) is 0.458. The molecule has 18 heavy (non-hydrogen) atoms. The Morgan fingerprint density at radius 2 is 1.89 bits per heavy atom. The van der Waals surface area contributed by atoms with E-state index in [1.54, 1.807) is 0 Å². The molecule has 7 nitrogen and oxygen atoms in total. The summed E-state index contributed by atoms with van der Waals surface area (Å²) < 4.78 is 0. The van der Waals surface area contributed by atoms with Crippen molar-refractivity contribution >= 4 is 11.9 Å². The van der Waals surface area contributed by atoms with Crippen LogP contribution in [0.4, 0.5) is 0 Å². The topological polar surface area (TPSA) is 127 Å². The molecule has 0 bridgehead atoms. The molecule has 7 heteroatoms. The zero-order valence-electron chi connectivity index (χ0n) is 9.33. The molecule has 0 unspecified atom stereocenters. The van der Waals surface area contributed by atoms with Crippen LogP contribution in [-0.4, -0.2) is 45.0 Å². The second-order valence-electron chi connectivity index (χ2n) is 3.60. The monoisotopic (exact) mass is 255 g/mol. The fraction of sp³-hybridized carbons (Fsp3) is 0.273. The minimum Gasteiger partial charge on any atom is -0.504 e. The molecule has 5 N–H and O–H groups in total. The van der Waals surface area contributed by atoms with Gasteiger partial charge in [0, 0.05) is 18.5 Å². The number of aromatic hydroxyl groups is 2. The smallest absolute Gasteiger partial charge is 0.332 e. The average Bonchev–Trinajstić information content (AvgIpc) is 2.32. The third-order valence-corrected chi connectivity index (χ3v) is 2.23. The van der Waals surface area contributed by atoms with Crippen molar-refractivity contribution < 1.29 is 30.0 Å². The highest BCUT2D eigenvalue weighted by atomic mass is 16.4. The van der Waals surface area contributed by atoms with Crippen molar-refractivity contribution in [3.8, 4) is 11.5 Å². The molecule has 0 spiro atoms. The molecule has 0 aromatic heterocycles. The summed E-state index contributed by atoms with van der Waals surface area (Å²) in [5.74, 6) is -2.66. The number of carboxylic acids is 1. The van der Waals surface area contributed by atoms with E-state index in [9.17, 15) is 14.7 Å². The number of hydrogen-bond acceptors (Lipinski definition) is 5. The Hall–Kier alpha value is -2.28. The van der Waals surface area contributed by atoms with Crippen molar-refractivity contribution in [2.45, 2.75) is 12.5 Å². The maximum absolute atomic E-state index is 11.5. The van der Waals surface area contributed by atoms with Gasteiger partial charge in [-0.25, -0.2) is 4.79 Å². The van der Waals surface area contributed by atoms with Gasteiger partial charge in [0.15, 0.2) is 17.6 Å². The normalized spacial score (nSPS) is 11.8. The molecule has 0 aliphatic rings. The summed E-state index contributed by atoms with van der Waals surface area (Å²) in [5, 5.41) is 38.0. The maximum atomic E-state index is 11.5. The lowest BCUT2D eigenvalue weighted by molar-refractivity contribution is -0.146. The molecule has 1 atom stereocenters. The van der Waals surface area contributed by atoms with Crippen molar-refractivity contribution in [2.75, 3.05) is 6.54 Å². The molecule has 0 aliphatic heterocycles. The lowest BCUT2D eigenvalue weighted by Gasteiger charge is -2.08. The van der Waals surface area contributed by atoms with Crippen molar-refractivity contribution in [3.05, 3.63) is 23.8 Å². The van der Waals surface area contributed by atoms with Gasteiger partial charge >= 0.3 is 5.97 Å². The number of carbonyl (C=O) groups excluding carboxylic acids is 1. The number of phenols is 2. The van der Waals surface area contributed by atoms with Crippen LogP contribution in [-0.2, 0) is 4.79 Å². The number of nitrogens with one attached hydrogen (secondary N) is 1. The average molecular weight is 255 g/mol. The van der Waals surface area contributed by atoms with Gasteiger partial charge in [0.25, 0.3) is 5.91 Å². The van der Waals surface area contributed by atoms with Crippen LogP contribution >= 0.6 is 0 Å². The number of amides is 1.